The Morgan fingerprint density at radius 1 is 1.50 bits per heavy atom. The molecule has 0 radical (unpaired) electrons. The number of carbonyl (C=O) groups excluding carboxylic acids is 2. The first-order valence-corrected chi connectivity index (χ1v) is 3.91. The van der Waals surface area contributed by atoms with E-state index in [0.29, 0.717) is 17.4 Å². The van der Waals surface area contributed by atoms with Crippen LogP contribution >= 0.6 is 0 Å². The quantitative estimate of drug-likeness (QED) is 0.375. The van der Waals surface area contributed by atoms with Crippen molar-refractivity contribution in [1.82, 2.24) is 0 Å². The standard InChI is InChI=1S/C11H8O3/c1-14-11(13)10-6-2-4-9(8-10)5-3-7-12/h2,4,6-8H,1H3. The van der Waals surface area contributed by atoms with Gasteiger partial charge in [-0.25, -0.2) is 4.79 Å². The molecule has 0 unspecified atom stereocenters. The topological polar surface area (TPSA) is 43.4 Å². The summed E-state index contributed by atoms with van der Waals surface area (Å²) >= 11 is 0. The van der Waals surface area contributed by atoms with E-state index in [9.17, 15) is 9.59 Å². The van der Waals surface area contributed by atoms with E-state index in [4.69, 9.17) is 0 Å². The average molecular weight is 188 g/mol. The Morgan fingerprint density at radius 3 is 2.93 bits per heavy atom. The smallest absolute Gasteiger partial charge is 0.337 e. The van der Waals surface area contributed by atoms with Crippen molar-refractivity contribution < 1.29 is 14.3 Å². The molecule has 0 bridgehead atoms. The van der Waals surface area contributed by atoms with Crippen molar-refractivity contribution in [3.05, 3.63) is 35.4 Å². The fraction of sp³-hybridized carbons (Fsp3) is 0.0909. The van der Waals surface area contributed by atoms with Crippen LogP contribution in [0.5, 0.6) is 0 Å². The van der Waals surface area contributed by atoms with Gasteiger partial charge in [0.1, 0.15) is 0 Å². The molecule has 0 saturated heterocycles. The van der Waals surface area contributed by atoms with Crippen LogP contribution in [0.15, 0.2) is 24.3 Å². The van der Waals surface area contributed by atoms with E-state index >= 15 is 0 Å². The zero-order valence-corrected chi connectivity index (χ0v) is 7.61. The maximum absolute atomic E-state index is 11.1. The highest BCUT2D eigenvalue weighted by molar-refractivity contribution is 5.89. The largest absolute Gasteiger partial charge is 0.465 e. The molecule has 0 aliphatic rings. The van der Waals surface area contributed by atoms with Gasteiger partial charge in [-0.3, -0.25) is 4.79 Å². The molecule has 0 saturated carbocycles. The molecule has 70 valence electrons. The predicted octanol–water partition coefficient (Wildman–Crippen LogP) is 1.02. The Kier molecular flexibility index (Phi) is 3.45. The second kappa shape index (κ2) is 4.83. The molecule has 1 rings (SSSR count). The van der Waals surface area contributed by atoms with Crippen LogP contribution in [0.3, 0.4) is 0 Å². The molecule has 3 heteroatoms. The third-order valence-corrected chi connectivity index (χ3v) is 1.56. The van der Waals surface area contributed by atoms with Gasteiger partial charge in [0.2, 0.25) is 0 Å². The molecular formula is C11H8O3. The highest BCUT2D eigenvalue weighted by Gasteiger charge is 2.03. The van der Waals surface area contributed by atoms with E-state index in [-0.39, 0.29) is 0 Å². The van der Waals surface area contributed by atoms with Gasteiger partial charge >= 0.3 is 5.97 Å². The van der Waals surface area contributed by atoms with E-state index in [2.05, 4.69) is 16.6 Å². The van der Waals surface area contributed by atoms with Crippen molar-refractivity contribution in [1.29, 1.82) is 0 Å². The molecule has 1 aromatic carbocycles. The van der Waals surface area contributed by atoms with Gasteiger partial charge in [0, 0.05) is 5.56 Å². The first-order chi connectivity index (χ1) is 6.77. The van der Waals surface area contributed by atoms with Crippen LogP contribution in [-0.4, -0.2) is 19.4 Å². The van der Waals surface area contributed by atoms with Crippen LogP contribution in [0, 0.1) is 11.8 Å². The minimum absolute atomic E-state index is 0.417. The SMILES string of the molecule is COC(=O)c1cccc(C#CC=O)c1. The van der Waals surface area contributed by atoms with Crippen molar-refractivity contribution in [2.75, 3.05) is 7.11 Å². The summed E-state index contributed by atoms with van der Waals surface area (Å²) in [7, 11) is 1.31. The summed E-state index contributed by atoms with van der Waals surface area (Å²) in [6.07, 6.45) is 0.505. The highest BCUT2D eigenvalue weighted by atomic mass is 16.5. The lowest BCUT2D eigenvalue weighted by Gasteiger charge is -1.98. The first kappa shape index (κ1) is 10.0. The second-order valence-electron chi connectivity index (χ2n) is 2.46. The van der Waals surface area contributed by atoms with Crippen molar-refractivity contribution in [2.24, 2.45) is 0 Å². The Morgan fingerprint density at radius 2 is 2.29 bits per heavy atom. The van der Waals surface area contributed by atoms with Gasteiger partial charge in [-0.2, -0.15) is 0 Å². The Hall–Kier alpha value is -2.08. The molecular weight excluding hydrogens is 180 g/mol. The maximum Gasteiger partial charge on any atom is 0.337 e. The van der Waals surface area contributed by atoms with Crippen LogP contribution in [0.25, 0.3) is 0 Å². The van der Waals surface area contributed by atoms with Gasteiger partial charge in [-0.05, 0) is 24.1 Å². The predicted molar refractivity (Wildman–Crippen MR) is 50.7 cm³/mol. The summed E-state index contributed by atoms with van der Waals surface area (Å²) in [5.41, 5.74) is 1.03. The lowest BCUT2D eigenvalue weighted by atomic mass is 10.1. The van der Waals surface area contributed by atoms with Crippen LogP contribution < -0.4 is 0 Å². The Labute approximate surface area is 81.7 Å². The van der Waals surface area contributed by atoms with E-state index in [1.54, 1.807) is 24.3 Å². The van der Waals surface area contributed by atoms with Crippen molar-refractivity contribution in [3.63, 3.8) is 0 Å². The van der Waals surface area contributed by atoms with Crippen LogP contribution in [-0.2, 0) is 9.53 Å². The maximum atomic E-state index is 11.1. The summed E-state index contributed by atoms with van der Waals surface area (Å²) in [5, 5.41) is 0. The molecule has 1 aromatic rings. The number of esters is 1. The monoisotopic (exact) mass is 188 g/mol. The van der Waals surface area contributed by atoms with Crippen LogP contribution in [0.2, 0.25) is 0 Å². The summed E-state index contributed by atoms with van der Waals surface area (Å²) < 4.78 is 4.54. The summed E-state index contributed by atoms with van der Waals surface area (Å²) in [6.45, 7) is 0. The average Bonchev–Trinajstić information content (AvgIpc) is 2.25. The minimum atomic E-state index is -0.417. The number of benzene rings is 1. The van der Waals surface area contributed by atoms with E-state index in [1.807, 2.05) is 0 Å². The molecule has 0 fully saturated rings. The molecule has 0 aliphatic carbocycles. The lowest BCUT2D eigenvalue weighted by Crippen LogP contribution is -2.00. The Bertz CT molecular complexity index is 410. The minimum Gasteiger partial charge on any atom is -0.465 e. The highest BCUT2D eigenvalue weighted by Crippen LogP contribution is 2.05. The fourth-order valence-corrected chi connectivity index (χ4v) is 0.955. The van der Waals surface area contributed by atoms with Crippen molar-refractivity contribution >= 4 is 12.3 Å². The van der Waals surface area contributed by atoms with Gasteiger partial charge in [0.15, 0.2) is 6.29 Å². The van der Waals surface area contributed by atoms with Crippen LogP contribution in [0.4, 0.5) is 0 Å². The molecule has 0 amide bonds. The number of aldehydes is 1. The van der Waals surface area contributed by atoms with Gasteiger partial charge < -0.3 is 4.74 Å². The first-order valence-electron chi connectivity index (χ1n) is 3.91. The summed E-state index contributed by atoms with van der Waals surface area (Å²) in [4.78, 5) is 21.1. The van der Waals surface area contributed by atoms with Gasteiger partial charge in [0.25, 0.3) is 0 Å². The molecule has 0 heterocycles. The third kappa shape index (κ3) is 2.46. The van der Waals surface area contributed by atoms with Gasteiger partial charge in [-0.1, -0.05) is 12.0 Å². The number of methoxy groups -OCH3 is 1. The summed E-state index contributed by atoms with van der Waals surface area (Å²) in [5.74, 6) is 4.44. The molecule has 14 heavy (non-hydrogen) atoms. The third-order valence-electron chi connectivity index (χ3n) is 1.56. The number of hydrogen-bond donors (Lipinski definition) is 0. The van der Waals surface area contributed by atoms with E-state index < -0.39 is 5.97 Å². The number of hydrogen-bond acceptors (Lipinski definition) is 3. The van der Waals surface area contributed by atoms with Crippen LogP contribution in [0.1, 0.15) is 15.9 Å². The fourth-order valence-electron chi connectivity index (χ4n) is 0.955. The van der Waals surface area contributed by atoms with E-state index in [0.717, 1.165) is 0 Å². The van der Waals surface area contributed by atoms with Gasteiger partial charge in [-0.15, -0.1) is 0 Å². The second-order valence-corrected chi connectivity index (χ2v) is 2.46. The molecule has 0 aromatic heterocycles. The van der Waals surface area contributed by atoms with Gasteiger partial charge in [0.05, 0.1) is 12.7 Å². The normalized spacial score (nSPS) is 8.36. The van der Waals surface area contributed by atoms with Crippen molar-refractivity contribution in [3.8, 4) is 11.8 Å². The zero-order valence-electron chi connectivity index (χ0n) is 7.61. The molecule has 0 spiro atoms. The molecule has 0 atom stereocenters. The van der Waals surface area contributed by atoms with Crippen molar-refractivity contribution in [2.45, 2.75) is 0 Å². The summed E-state index contributed by atoms with van der Waals surface area (Å²) in [6, 6.07) is 6.59. The number of ether oxygens (including phenoxy) is 1. The molecule has 3 nitrogen and oxygen atoms in total. The molecule has 0 N–H and O–H groups in total. The Balaban J connectivity index is 3.00. The number of rotatable bonds is 1. The number of carbonyl (C=O) groups is 2. The zero-order chi connectivity index (χ0) is 10.4. The molecule has 0 aliphatic heterocycles. The lowest BCUT2D eigenvalue weighted by molar-refractivity contribution is -0.103. The van der Waals surface area contributed by atoms with E-state index in [1.165, 1.54) is 7.11 Å².